The molecule has 0 aliphatic carbocycles. The van der Waals surface area contributed by atoms with E-state index < -0.39 is 24.4 Å². The largest absolute Gasteiger partial charge is 0.388 e. The molecule has 5 nitrogen and oxygen atoms in total. The quantitative estimate of drug-likeness (QED) is 0.606. The fourth-order valence-electron chi connectivity index (χ4n) is 1.88. The fraction of sp³-hybridized carbons (Fsp3) is 0.917. The van der Waals surface area contributed by atoms with Crippen molar-refractivity contribution in [3.8, 4) is 0 Å². The summed E-state index contributed by atoms with van der Waals surface area (Å²) in [5.41, 5.74) is 0. The van der Waals surface area contributed by atoms with Gasteiger partial charge in [-0.25, -0.2) is 0 Å². The molecule has 5 heteroatoms. The Bertz CT molecular complexity index is 257. The van der Waals surface area contributed by atoms with Crippen LogP contribution in [0.25, 0.3) is 0 Å². The average molecular weight is 245 g/mol. The molecule has 0 aromatic heterocycles. The zero-order chi connectivity index (χ0) is 13.0. The van der Waals surface area contributed by atoms with Gasteiger partial charge in [0.05, 0.1) is 12.2 Å². The predicted octanol–water partition coefficient (Wildman–Crippen LogP) is -0.157. The molecule has 4 atom stereocenters. The van der Waals surface area contributed by atoms with E-state index in [4.69, 9.17) is 4.74 Å². The molecule has 1 rings (SSSR count). The summed E-state index contributed by atoms with van der Waals surface area (Å²) in [5.74, 6) is 0.0405. The van der Waals surface area contributed by atoms with E-state index in [2.05, 4.69) is 5.32 Å². The van der Waals surface area contributed by atoms with Crippen molar-refractivity contribution in [3.05, 3.63) is 0 Å². The van der Waals surface area contributed by atoms with E-state index in [1.165, 1.54) is 0 Å². The lowest BCUT2D eigenvalue weighted by Crippen LogP contribution is -2.39. The second-order valence-corrected chi connectivity index (χ2v) is 4.85. The summed E-state index contributed by atoms with van der Waals surface area (Å²) in [6.45, 7) is 6.25. The number of Topliss-reactive ketones (excluding diaryl/α,β-unsaturated/α-hetero) is 1. The van der Waals surface area contributed by atoms with Gasteiger partial charge in [0.25, 0.3) is 0 Å². The van der Waals surface area contributed by atoms with Crippen LogP contribution < -0.4 is 5.32 Å². The molecule has 0 spiro atoms. The number of carbonyl (C=O) groups is 1. The van der Waals surface area contributed by atoms with Crippen LogP contribution >= 0.6 is 0 Å². The normalized spacial score (nSPS) is 33.3. The Labute approximate surface area is 102 Å². The first-order valence-electron chi connectivity index (χ1n) is 6.22. The van der Waals surface area contributed by atoms with Crippen molar-refractivity contribution in [1.82, 2.24) is 5.32 Å². The van der Waals surface area contributed by atoms with Crippen LogP contribution in [0.2, 0.25) is 0 Å². The Balaban J connectivity index is 2.47. The first-order chi connectivity index (χ1) is 7.95. The molecule has 1 fully saturated rings. The predicted molar refractivity (Wildman–Crippen MR) is 63.7 cm³/mol. The molecule has 0 saturated carbocycles. The van der Waals surface area contributed by atoms with Crippen molar-refractivity contribution < 1.29 is 19.7 Å². The average Bonchev–Trinajstić information content (AvgIpc) is 2.54. The summed E-state index contributed by atoms with van der Waals surface area (Å²) < 4.78 is 5.53. The zero-order valence-electron chi connectivity index (χ0n) is 10.7. The third-order valence-electron chi connectivity index (χ3n) is 3.01. The highest BCUT2D eigenvalue weighted by molar-refractivity contribution is 5.78. The van der Waals surface area contributed by atoms with Crippen molar-refractivity contribution in [2.45, 2.75) is 64.1 Å². The van der Waals surface area contributed by atoms with E-state index in [-0.39, 0.29) is 12.2 Å². The van der Waals surface area contributed by atoms with Crippen molar-refractivity contribution in [2.24, 2.45) is 0 Å². The smallest absolute Gasteiger partial charge is 0.135 e. The van der Waals surface area contributed by atoms with Crippen LogP contribution in [-0.4, -0.2) is 53.0 Å². The molecule has 0 radical (unpaired) electrons. The third-order valence-corrected chi connectivity index (χ3v) is 3.01. The van der Waals surface area contributed by atoms with Gasteiger partial charge in [0.2, 0.25) is 0 Å². The van der Waals surface area contributed by atoms with Crippen molar-refractivity contribution in [1.29, 1.82) is 0 Å². The number of hydrogen-bond acceptors (Lipinski definition) is 5. The summed E-state index contributed by atoms with van der Waals surface area (Å²) in [7, 11) is 0. The second kappa shape index (κ2) is 6.44. The molecular formula is C12H23NO4. The SMILES string of the molecule is CCC(=O)C[C@@H]1O[C@H](CNC(C)C)C(O)C1O. The Morgan fingerprint density at radius 3 is 2.41 bits per heavy atom. The van der Waals surface area contributed by atoms with E-state index in [1.54, 1.807) is 6.92 Å². The molecule has 2 unspecified atom stereocenters. The van der Waals surface area contributed by atoms with Gasteiger partial charge >= 0.3 is 0 Å². The number of hydrogen-bond donors (Lipinski definition) is 3. The van der Waals surface area contributed by atoms with Crippen molar-refractivity contribution in [2.75, 3.05) is 6.54 Å². The first kappa shape index (κ1) is 14.6. The van der Waals surface area contributed by atoms with E-state index in [9.17, 15) is 15.0 Å². The van der Waals surface area contributed by atoms with Gasteiger partial charge in [-0.2, -0.15) is 0 Å². The highest BCUT2D eigenvalue weighted by Gasteiger charge is 2.42. The summed E-state index contributed by atoms with van der Waals surface area (Å²) in [6.07, 6.45) is -2.30. The second-order valence-electron chi connectivity index (χ2n) is 4.85. The van der Waals surface area contributed by atoms with Gasteiger partial charge in [-0.05, 0) is 0 Å². The van der Waals surface area contributed by atoms with E-state index in [0.29, 0.717) is 19.0 Å². The first-order valence-corrected chi connectivity index (χ1v) is 6.22. The fourth-order valence-corrected chi connectivity index (χ4v) is 1.88. The molecule has 0 amide bonds. The molecule has 3 N–H and O–H groups in total. The lowest BCUT2D eigenvalue weighted by Gasteiger charge is -2.17. The van der Waals surface area contributed by atoms with E-state index >= 15 is 0 Å². The standard InChI is InChI=1S/C12H23NO4/c1-4-8(14)5-9-11(15)12(16)10(17-9)6-13-7(2)3/h7,9-13,15-16H,4-6H2,1-3H3/t9-,10+,11?,12?/m0/s1. The summed E-state index contributed by atoms with van der Waals surface area (Å²) >= 11 is 0. The minimum Gasteiger partial charge on any atom is -0.388 e. The molecule has 1 saturated heterocycles. The minimum atomic E-state index is -0.968. The number of nitrogens with one attached hydrogen (secondary N) is 1. The van der Waals surface area contributed by atoms with Crippen molar-refractivity contribution >= 4 is 5.78 Å². The summed E-state index contributed by atoms with van der Waals surface area (Å²) in [6, 6.07) is 0.291. The van der Waals surface area contributed by atoms with Gasteiger partial charge in [0, 0.05) is 25.4 Å². The maximum atomic E-state index is 11.3. The molecule has 1 heterocycles. The Hall–Kier alpha value is -0.490. The van der Waals surface area contributed by atoms with Gasteiger partial charge in [-0.3, -0.25) is 4.79 Å². The Morgan fingerprint density at radius 2 is 1.88 bits per heavy atom. The lowest BCUT2D eigenvalue weighted by molar-refractivity contribution is -0.122. The number of ether oxygens (including phenoxy) is 1. The van der Waals surface area contributed by atoms with E-state index in [1.807, 2.05) is 13.8 Å². The topological polar surface area (TPSA) is 78.8 Å². The van der Waals surface area contributed by atoms with Gasteiger partial charge in [0.1, 0.15) is 18.0 Å². The van der Waals surface area contributed by atoms with Crippen LogP contribution in [0, 0.1) is 0 Å². The maximum Gasteiger partial charge on any atom is 0.135 e. The van der Waals surface area contributed by atoms with Gasteiger partial charge < -0.3 is 20.3 Å². The highest BCUT2D eigenvalue weighted by atomic mass is 16.5. The molecule has 1 aliphatic rings. The number of carbonyl (C=O) groups excluding carboxylic acids is 1. The number of aliphatic hydroxyl groups is 2. The number of aliphatic hydroxyl groups excluding tert-OH is 2. The van der Waals surface area contributed by atoms with E-state index in [0.717, 1.165) is 0 Å². The van der Waals surface area contributed by atoms with Crippen LogP contribution in [0.3, 0.4) is 0 Å². The molecule has 0 aromatic rings. The monoisotopic (exact) mass is 245 g/mol. The molecular weight excluding hydrogens is 222 g/mol. The third kappa shape index (κ3) is 4.03. The van der Waals surface area contributed by atoms with Crippen LogP contribution in [0.15, 0.2) is 0 Å². The molecule has 100 valence electrons. The summed E-state index contributed by atoms with van der Waals surface area (Å²) in [5, 5.41) is 22.7. The van der Waals surface area contributed by atoms with Crippen molar-refractivity contribution in [3.63, 3.8) is 0 Å². The Morgan fingerprint density at radius 1 is 1.29 bits per heavy atom. The van der Waals surface area contributed by atoms with Gasteiger partial charge in [-0.15, -0.1) is 0 Å². The van der Waals surface area contributed by atoms with Gasteiger partial charge in [-0.1, -0.05) is 20.8 Å². The van der Waals surface area contributed by atoms with Gasteiger partial charge in [0.15, 0.2) is 0 Å². The Kier molecular flexibility index (Phi) is 5.52. The molecule has 0 aromatic carbocycles. The highest BCUT2D eigenvalue weighted by Crippen LogP contribution is 2.23. The maximum absolute atomic E-state index is 11.3. The lowest BCUT2D eigenvalue weighted by atomic mass is 10.0. The molecule has 1 aliphatic heterocycles. The zero-order valence-corrected chi connectivity index (χ0v) is 10.7. The summed E-state index contributed by atoms with van der Waals surface area (Å²) in [4.78, 5) is 11.3. The van der Waals surface area contributed by atoms with Crippen LogP contribution in [0.5, 0.6) is 0 Å². The van der Waals surface area contributed by atoms with Crippen LogP contribution in [-0.2, 0) is 9.53 Å². The number of ketones is 1. The molecule has 0 bridgehead atoms. The minimum absolute atomic E-state index is 0.0405. The van der Waals surface area contributed by atoms with Crippen LogP contribution in [0.4, 0.5) is 0 Å². The van der Waals surface area contributed by atoms with Crippen LogP contribution in [0.1, 0.15) is 33.6 Å². The number of rotatable bonds is 6. The molecule has 17 heavy (non-hydrogen) atoms.